The van der Waals surface area contributed by atoms with Crippen LogP contribution in [0, 0.1) is 0 Å². The van der Waals surface area contributed by atoms with Crippen molar-refractivity contribution in [3.63, 3.8) is 0 Å². The minimum atomic E-state index is -0.287. The topological polar surface area (TPSA) is 52.3 Å². The van der Waals surface area contributed by atoms with E-state index in [4.69, 9.17) is 10.5 Å². The molecule has 0 aromatic heterocycles. The molecule has 0 aliphatic carbocycles. The molecule has 0 saturated carbocycles. The number of ether oxygens (including phenoxy) is 1. The van der Waals surface area contributed by atoms with Crippen LogP contribution >= 0.6 is 0 Å². The molecule has 0 bridgehead atoms. The minimum Gasteiger partial charge on any atom is -0.463 e. The molecule has 1 unspecified atom stereocenters. The Kier molecular flexibility index (Phi) is 4.54. The van der Waals surface area contributed by atoms with E-state index in [1.165, 1.54) is 0 Å². The Morgan fingerprint density at radius 3 is 2.64 bits per heavy atom. The first-order valence-corrected chi connectivity index (χ1v) is 3.69. The highest BCUT2D eigenvalue weighted by Crippen LogP contribution is 1.97. The van der Waals surface area contributed by atoms with Crippen molar-refractivity contribution in [2.24, 2.45) is 5.73 Å². The van der Waals surface area contributed by atoms with Crippen LogP contribution in [0.15, 0.2) is 11.6 Å². The molecule has 64 valence electrons. The van der Waals surface area contributed by atoms with Crippen LogP contribution in [0.3, 0.4) is 0 Å². The van der Waals surface area contributed by atoms with E-state index in [-0.39, 0.29) is 12.0 Å². The lowest BCUT2D eigenvalue weighted by Gasteiger charge is -2.02. The second-order valence-corrected chi connectivity index (χ2v) is 2.43. The monoisotopic (exact) mass is 157 g/mol. The summed E-state index contributed by atoms with van der Waals surface area (Å²) in [5, 5.41) is 0. The molecular weight excluding hydrogens is 142 g/mol. The molecule has 0 aliphatic heterocycles. The van der Waals surface area contributed by atoms with Gasteiger partial charge in [-0.1, -0.05) is 6.08 Å². The summed E-state index contributed by atoms with van der Waals surface area (Å²) in [7, 11) is 0. The molecule has 0 heterocycles. The predicted molar refractivity (Wildman–Crippen MR) is 44.0 cm³/mol. The third-order valence-electron chi connectivity index (χ3n) is 1.11. The van der Waals surface area contributed by atoms with Gasteiger partial charge in [0.05, 0.1) is 6.61 Å². The molecule has 3 heteroatoms. The van der Waals surface area contributed by atoms with Crippen LogP contribution < -0.4 is 5.73 Å². The normalized spacial score (nSPS) is 14.4. The van der Waals surface area contributed by atoms with Crippen LogP contribution in [-0.4, -0.2) is 18.6 Å². The predicted octanol–water partition coefficient (Wildman–Crippen LogP) is 0.843. The average molecular weight is 157 g/mol. The quantitative estimate of drug-likeness (QED) is 0.488. The van der Waals surface area contributed by atoms with E-state index in [0.717, 1.165) is 0 Å². The average Bonchev–Trinajstić information content (AvgIpc) is 1.86. The van der Waals surface area contributed by atoms with E-state index in [0.29, 0.717) is 12.2 Å². The van der Waals surface area contributed by atoms with Gasteiger partial charge in [0.2, 0.25) is 0 Å². The van der Waals surface area contributed by atoms with Gasteiger partial charge in [-0.3, -0.25) is 0 Å². The van der Waals surface area contributed by atoms with Gasteiger partial charge in [-0.15, -0.1) is 0 Å². The van der Waals surface area contributed by atoms with Gasteiger partial charge < -0.3 is 10.5 Å². The summed E-state index contributed by atoms with van der Waals surface area (Å²) >= 11 is 0. The summed E-state index contributed by atoms with van der Waals surface area (Å²) in [6, 6.07) is -0.0978. The number of hydrogen-bond donors (Lipinski definition) is 1. The molecule has 0 spiro atoms. The molecule has 0 radical (unpaired) electrons. The molecule has 0 aromatic carbocycles. The SMILES string of the molecule is CCOC(=O)C(C)=CC(C)N. The van der Waals surface area contributed by atoms with Crippen molar-refractivity contribution in [1.82, 2.24) is 0 Å². The van der Waals surface area contributed by atoms with Crippen LogP contribution in [0.4, 0.5) is 0 Å². The number of esters is 1. The molecular formula is C8H15NO2. The summed E-state index contributed by atoms with van der Waals surface area (Å²) < 4.78 is 4.74. The summed E-state index contributed by atoms with van der Waals surface area (Å²) in [6.45, 7) is 5.68. The molecule has 3 nitrogen and oxygen atoms in total. The highest BCUT2D eigenvalue weighted by molar-refractivity contribution is 5.87. The zero-order chi connectivity index (χ0) is 8.85. The number of nitrogens with two attached hydrogens (primary N) is 1. The number of rotatable bonds is 3. The van der Waals surface area contributed by atoms with Crippen molar-refractivity contribution in [1.29, 1.82) is 0 Å². The van der Waals surface area contributed by atoms with Crippen LogP contribution in [-0.2, 0) is 9.53 Å². The summed E-state index contributed by atoms with van der Waals surface area (Å²) in [5.74, 6) is -0.287. The molecule has 2 N–H and O–H groups in total. The summed E-state index contributed by atoms with van der Waals surface area (Å²) in [6.07, 6.45) is 1.68. The van der Waals surface area contributed by atoms with Crippen molar-refractivity contribution in [2.45, 2.75) is 26.8 Å². The third-order valence-corrected chi connectivity index (χ3v) is 1.11. The maximum absolute atomic E-state index is 10.9. The standard InChI is InChI=1S/C8H15NO2/c1-4-11-8(10)6(2)5-7(3)9/h5,7H,4,9H2,1-3H3. The van der Waals surface area contributed by atoms with Crippen molar-refractivity contribution < 1.29 is 9.53 Å². The number of hydrogen-bond acceptors (Lipinski definition) is 3. The van der Waals surface area contributed by atoms with E-state index in [2.05, 4.69) is 0 Å². The molecule has 0 fully saturated rings. The molecule has 0 rings (SSSR count). The van der Waals surface area contributed by atoms with Gasteiger partial charge in [0.1, 0.15) is 0 Å². The fraction of sp³-hybridized carbons (Fsp3) is 0.625. The van der Waals surface area contributed by atoms with Crippen molar-refractivity contribution >= 4 is 5.97 Å². The van der Waals surface area contributed by atoms with Gasteiger partial charge in [0.25, 0.3) is 0 Å². The van der Waals surface area contributed by atoms with Gasteiger partial charge in [-0.2, -0.15) is 0 Å². The zero-order valence-electron chi connectivity index (χ0n) is 7.26. The highest BCUT2D eigenvalue weighted by Gasteiger charge is 2.03. The maximum Gasteiger partial charge on any atom is 0.333 e. The second-order valence-electron chi connectivity index (χ2n) is 2.43. The first kappa shape index (κ1) is 10.2. The Balaban J connectivity index is 4.01. The Labute approximate surface area is 67.2 Å². The number of carbonyl (C=O) groups is 1. The molecule has 0 saturated heterocycles. The molecule has 11 heavy (non-hydrogen) atoms. The van der Waals surface area contributed by atoms with E-state index < -0.39 is 0 Å². The molecule has 1 atom stereocenters. The maximum atomic E-state index is 10.9. The molecule has 0 aromatic rings. The van der Waals surface area contributed by atoms with E-state index in [9.17, 15) is 4.79 Å². The van der Waals surface area contributed by atoms with Crippen LogP contribution in [0.5, 0.6) is 0 Å². The van der Waals surface area contributed by atoms with Gasteiger partial charge in [-0.05, 0) is 20.8 Å². The van der Waals surface area contributed by atoms with Gasteiger partial charge in [-0.25, -0.2) is 4.79 Å². The first-order chi connectivity index (χ1) is 5.07. The fourth-order valence-corrected chi connectivity index (χ4v) is 0.707. The lowest BCUT2D eigenvalue weighted by atomic mass is 10.2. The van der Waals surface area contributed by atoms with Crippen molar-refractivity contribution in [3.05, 3.63) is 11.6 Å². The lowest BCUT2D eigenvalue weighted by Crippen LogP contribution is -2.14. The van der Waals surface area contributed by atoms with Gasteiger partial charge in [0, 0.05) is 11.6 Å². The fourth-order valence-electron chi connectivity index (χ4n) is 0.707. The summed E-state index contributed by atoms with van der Waals surface area (Å²) in [5.41, 5.74) is 6.01. The molecule has 0 amide bonds. The Bertz CT molecular complexity index is 161. The smallest absolute Gasteiger partial charge is 0.333 e. The van der Waals surface area contributed by atoms with Crippen LogP contribution in [0.1, 0.15) is 20.8 Å². The highest BCUT2D eigenvalue weighted by atomic mass is 16.5. The lowest BCUT2D eigenvalue weighted by molar-refractivity contribution is -0.138. The Morgan fingerprint density at radius 2 is 2.27 bits per heavy atom. The zero-order valence-corrected chi connectivity index (χ0v) is 7.26. The first-order valence-electron chi connectivity index (χ1n) is 3.69. The molecule has 0 aliphatic rings. The van der Waals surface area contributed by atoms with Crippen LogP contribution in [0.2, 0.25) is 0 Å². The van der Waals surface area contributed by atoms with Crippen LogP contribution in [0.25, 0.3) is 0 Å². The van der Waals surface area contributed by atoms with Gasteiger partial charge >= 0.3 is 5.97 Å². The minimum absolute atomic E-state index is 0.0978. The summed E-state index contributed by atoms with van der Waals surface area (Å²) in [4.78, 5) is 10.9. The van der Waals surface area contributed by atoms with Gasteiger partial charge in [0.15, 0.2) is 0 Å². The van der Waals surface area contributed by atoms with Crippen molar-refractivity contribution in [3.8, 4) is 0 Å². The van der Waals surface area contributed by atoms with E-state index in [1.54, 1.807) is 19.9 Å². The van der Waals surface area contributed by atoms with E-state index >= 15 is 0 Å². The Hall–Kier alpha value is -0.830. The second kappa shape index (κ2) is 4.91. The largest absolute Gasteiger partial charge is 0.463 e. The Morgan fingerprint density at radius 1 is 1.73 bits per heavy atom. The third kappa shape index (κ3) is 4.56. The van der Waals surface area contributed by atoms with Crippen molar-refractivity contribution in [2.75, 3.05) is 6.61 Å². The number of carbonyl (C=O) groups excluding carboxylic acids is 1. The van der Waals surface area contributed by atoms with E-state index in [1.807, 2.05) is 6.92 Å².